The minimum absolute atomic E-state index is 0.198. The van der Waals surface area contributed by atoms with Crippen molar-refractivity contribution in [1.29, 1.82) is 0 Å². The van der Waals surface area contributed by atoms with Crippen LogP contribution in [-0.4, -0.2) is 20.3 Å². The molecule has 1 aromatic rings. The Morgan fingerprint density at radius 2 is 1.63 bits per heavy atom. The lowest BCUT2D eigenvalue weighted by Crippen LogP contribution is -2.46. The van der Waals surface area contributed by atoms with Crippen LogP contribution in [0.1, 0.15) is 33.3 Å². The number of nitrogens with one attached hydrogen (secondary N) is 1. The number of rotatable bonds is 8. The Hall–Kier alpha value is -0.860. The van der Waals surface area contributed by atoms with E-state index < -0.39 is 0 Å². The van der Waals surface area contributed by atoms with Crippen LogP contribution in [0.3, 0.4) is 0 Å². The Morgan fingerprint density at radius 3 is 2.11 bits per heavy atom. The Balaban J connectivity index is 2.63. The van der Waals surface area contributed by atoms with Gasteiger partial charge in [0, 0.05) is 25.6 Å². The van der Waals surface area contributed by atoms with Gasteiger partial charge in [-0.05, 0) is 17.4 Å². The largest absolute Gasteiger partial charge is 0.384 e. The molecule has 0 saturated carbocycles. The highest BCUT2D eigenvalue weighted by Crippen LogP contribution is 2.35. The zero-order chi connectivity index (χ0) is 14.3. The molecule has 0 heterocycles. The lowest BCUT2D eigenvalue weighted by atomic mass is 9.69. The van der Waals surface area contributed by atoms with Gasteiger partial charge < -0.3 is 10.1 Å². The molecule has 0 aromatic heterocycles. The second-order valence-corrected chi connectivity index (χ2v) is 6.06. The normalized spacial score (nSPS) is 12.4. The molecule has 0 aliphatic rings. The van der Waals surface area contributed by atoms with Gasteiger partial charge in [-0.15, -0.1) is 0 Å². The van der Waals surface area contributed by atoms with E-state index in [2.05, 4.69) is 63.3 Å². The molecule has 0 spiro atoms. The molecule has 108 valence electrons. The van der Waals surface area contributed by atoms with Gasteiger partial charge in [-0.2, -0.15) is 0 Å². The maximum absolute atomic E-state index is 5.49. The third-order valence-corrected chi connectivity index (χ3v) is 4.34. The van der Waals surface area contributed by atoms with E-state index in [4.69, 9.17) is 4.74 Å². The van der Waals surface area contributed by atoms with E-state index in [9.17, 15) is 0 Å². The zero-order valence-electron chi connectivity index (χ0n) is 13.1. The first-order chi connectivity index (χ1) is 9.03. The molecule has 2 nitrogen and oxygen atoms in total. The van der Waals surface area contributed by atoms with Crippen LogP contribution >= 0.6 is 0 Å². The van der Waals surface area contributed by atoms with Gasteiger partial charge in [-0.1, -0.05) is 58.0 Å². The molecule has 0 amide bonds. The van der Waals surface area contributed by atoms with Crippen molar-refractivity contribution in [3.05, 3.63) is 35.9 Å². The predicted molar refractivity (Wildman–Crippen MR) is 82.1 cm³/mol. The summed E-state index contributed by atoms with van der Waals surface area (Å²) in [5, 5.41) is 3.61. The maximum Gasteiger partial charge on any atom is 0.0535 e. The van der Waals surface area contributed by atoms with Gasteiger partial charge in [0.1, 0.15) is 0 Å². The Labute approximate surface area is 118 Å². The molecule has 0 atom stereocenters. The van der Waals surface area contributed by atoms with Gasteiger partial charge in [-0.25, -0.2) is 0 Å². The van der Waals surface area contributed by atoms with Crippen LogP contribution in [0, 0.1) is 17.3 Å². The first-order valence-corrected chi connectivity index (χ1v) is 7.26. The monoisotopic (exact) mass is 263 g/mol. The van der Waals surface area contributed by atoms with Crippen LogP contribution in [0.15, 0.2) is 30.3 Å². The molecule has 0 aliphatic heterocycles. The zero-order valence-corrected chi connectivity index (χ0v) is 13.1. The molecule has 0 bridgehead atoms. The summed E-state index contributed by atoms with van der Waals surface area (Å²) in [6, 6.07) is 10.6. The maximum atomic E-state index is 5.49. The molecule has 2 heteroatoms. The fourth-order valence-electron chi connectivity index (χ4n) is 2.76. The number of hydrogen-bond acceptors (Lipinski definition) is 2. The van der Waals surface area contributed by atoms with E-state index in [0.717, 1.165) is 19.7 Å². The topological polar surface area (TPSA) is 21.3 Å². The highest BCUT2D eigenvalue weighted by atomic mass is 16.5. The quantitative estimate of drug-likeness (QED) is 0.772. The molecule has 0 aliphatic carbocycles. The summed E-state index contributed by atoms with van der Waals surface area (Å²) < 4.78 is 5.49. The Kier molecular flexibility index (Phi) is 6.53. The average Bonchev–Trinajstić information content (AvgIpc) is 2.38. The molecule has 1 aromatic carbocycles. The summed E-state index contributed by atoms with van der Waals surface area (Å²) in [5.74, 6) is 1.19. The predicted octanol–water partition coefficient (Wildman–Crippen LogP) is 3.72. The van der Waals surface area contributed by atoms with Gasteiger partial charge >= 0.3 is 0 Å². The van der Waals surface area contributed by atoms with Crippen molar-refractivity contribution in [3.63, 3.8) is 0 Å². The van der Waals surface area contributed by atoms with Crippen LogP contribution in [0.4, 0.5) is 0 Å². The Bertz CT molecular complexity index is 338. The van der Waals surface area contributed by atoms with Crippen LogP contribution in [0.25, 0.3) is 0 Å². The Morgan fingerprint density at radius 1 is 1.05 bits per heavy atom. The van der Waals surface area contributed by atoms with Crippen molar-refractivity contribution in [1.82, 2.24) is 5.32 Å². The van der Waals surface area contributed by atoms with Crippen molar-refractivity contribution in [3.8, 4) is 0 Å². The molecule has 1 rings (SSSR count). The van der Waals surface area contributed by atoms with E-state index in [0.29, 0.717) is 11.8 Å². The third kappa shape index (κ3) is 4.32. The van der Waals surface area contributed by atoms with E-state index in [1.807, 2.05) is 0 Å². The number of methoxy groups -OCH3 is 1. The van der Waals surface area contributed by atoms with Crippen molar-refractivity contribution >= 4 is 0 Å². The molecule has 0 radical (unpaired) electrons. The van der Waals surface area contributed by atoms with Crippen LogP contribution < -0.4 is 5.32 Å². The smallest absolute Gasteiger partial charge is 0.0535 e. The van der Waals surface area contributed by atoms with Gasteiger partial charge in [0.25, 0.3) is 0 Å². The summed E-state index contributed by atoms with van der Waals surface area (Å²) in [5.41, 5.74) is 1.53. The van der Waals surface area contributed by atoms with Crippen molar-refractivity contribution in [2.45, 2.75) is 34.2 Å². The van der Waals surface area contributed by atoms with E-state index in [1.54, 1.807) is 7.11 Å². The second kappa shape index (κ2) is 7.66. The van der Waals surface area contributed by atoms with Gasteiger partial charge in [-0.3, -0.25) is 0 Å². The number of ether oxygens (including phenoxy) is 1. The molecule has 0 unspecified atom stereocenters. The summed E-state index contributed by atoms with van der Waals surface area (Å²) >= 11 is 0. The third-order valence-electron chi connectivity index (χ3n) is 4.34. The molecular weight excluding hydrogens is 234 g/mol. The van der Waals surface area contributed by atoms with Crippen molar-refractivity contribution < 1.29 is 4.74 Å². The van der Waals surface area contributed by atoms with Crippen LogP contribution in [0.5, 0.6) is 0 Å². The highest BCUT2D eigenvalue weighted by Gasteiger charge is 2.36. The summed E-state index contributed by atoms with van der Waals surface area (Å²) in [4.78, 5) is 0. The number of hydrogen-bond donors (Lipinski definition) is 1. The molecule has 0 saturated heterocycles. The van der Waals surface area contributed by atoms with Crippen molar-refractivity contribution in [2.75, 3.05) is 20.3 Å². The lowest BCUT2D eigenvalue weighted by Gasteiger charge is -2.41. The second-order valence-electron chi connectivity index (χ2n) is 6.06. The minimum atomic E-state index is 0.198. The van der Waals surface area contributed by atoms with Gasteiger partial charge in [0.15, 0.2) is 0 Å². The molecule has 0 fully saturated rings. The fourth-order valence-corrected chi connectivity index (χ4v) is 2.76. The first kappa shape index (κ1) is 16.2. The van der Waals surface area contributed by atoms with Gasteiger partial charge in [0.05, 0.1) is 6.61 Å². The molecule has 1 N–H and O–H groups in total. The van der Waals surface area contributed by atoms with Crippen LogP contribution in [0.2, 0.25) is 0 Å². The lowest BCUT2D eigenvalue weighted by molar-refractivity contribution is 0.00531. The standard InChI is InChI=1S/C17H29NO/c1-14(2)17(13-19-5,15(3)4)12-18-11-16-9-7-6-8-10-16/h6-10,14-15,18H,11-13H2,1-5H3. The summed E-state index contributed by atoms with van der Waals surface area (Å²) in [6.07, 6.45) is 0. The van der Waals surface area contributed by atoms with Gasteiger partial charge in [0.2, 0.25) is 0 Å². The fraction of sp³-hybridized carbons (Fsp3) is 0.647. The molecule has 19 heavy (non-hydrogen) atoms. The minimum Gasteiger partial charge on any atom is -0.384 e. The highest BCUT2D eigenvalue weighted by molar-refractivity contribution is 5.14. The SMILES string of the molecule is COCC(CNCc1ccccc1)(C(C)C)C(C)C. The summed E-state index contributed by atoms with van der Waals surface area (Å²) in [7, 11) is 1.80. The van der Waals surface area contributed by atoms with Crippen molar-refractivity contribution in [2.24, 2.45) is 17.3 Å². The molecular formula is C17H29NO. The number of benzene rings is 1. The summed E-state index contributed by atoms with van der Waals surface area (Å²) in [6.45, 7) is 11.9. The first-order valence-electron chi connectivity index (χ1n) is 7.26. The van der Waals surface area contributed by atoms with E-state index >= 15 is 0 Å². The average molecular weight is 263 g/mol. The van der Waals surface area contributed by atoms with E-state index in [-0.39, 0.29) is 5.41 Å². The van der Waals surface area contributed by atoms with E-state index in [1.165, 1.54) is 5.56 Å². The van der Waals surface area contributed by atoms with Crippen LogP contribution in [-0.2, 0) is 11.3 Å².